The summed E-state index contributed by atoms with van der Waals surface area (Å²) in [6, 6.07) is 0. The molecule has 0 heterocycles. The first-order valence-electron chi connectivity index (χ1n) is 7.05. The molecule has 0 aromatic rings. The number of amides is 1. The SMILES string of the molecule is CCOC(=O)NS(=O)(=O)NC1(CN)CCC(CC)CC1. The Hall–Kier alpha value is -0.860. The van der Waals surface area contributed by atoms with Crippen LogP contribution >= 0.6 is 0 Å². The number of ether oxygens (including phenoxy) is 1. The Morgan fingerprint density at radius 2 is 1.95 bits per heavy atom. The molecule has 1 aliphatic carbocycles. The van der Waals surface area contributed by atoms with Crippen LogP contribution in [0.4, 0.5) is 4.79 Å². The molecular formula is C12H25N3O4S. The molecule has 1 saturated carbocycles. The molecule has 0 aromatic carbocycles. The van der Waals surface area contributed by atoms with E-state index >= 15 is 0 Å². The van der Waals surface area contributed by atoms with Gasteiger partial charge in [-0.2, -0.15) is 13.1 Å². The Morgan fingerprint density at radius 3 is 2.40 bits per heavy atom. The van der Waals surface area contributed by atoms with Gasteiger partial charge in [-0.05, 0) is 38.5 Å². The minimum Gasteiger partial charge on any atom is -0.449 e. The fourth-order valence-corrected chi connectivity index (χ4v) is 3.75. The largest absolute Gasteiger partial charge is 0.449 e. The first-order chi connectivity index (χ1) is 9.36. The fraction of sp³-hybridized carbons (Fsp3) is 0.917. The van der Waals surface area contributed by atoms with E-state index in [1.54, 1.807) is 6.92 Å². The summed E-state index contributed by atoms with van der Waals surface area (Å²) in [5.41, 5.74) is 5.09. The van der Waals surface area contributed by atoms with Gasteiger partial charge in [-0.25, -0.2) is 9.52 Å². The Balaban J connectivity index is 2.66. The van der Waals surface area contributed by atoms with Crippen molar-refractivity contribution >= 4 is 16.3 Å². The number of rotatable bonds is 6. The Bertz CT molecular complexity index is 416. The Kier molecular flexibility index (Phi) is 6.22. The molecule has 1 aliphatic rings. The minimum atomic E-state index is -3.95. The van der Waals surface area contributed by atoms with Gasteiger partial charge in [0.1, 0.15) is 0 Å². The molecule has 0 aromatic heterocycles. The highest BCUT2D eigenvalue weighted by molar-refractivity contribution is 7.88. The number of nitrogens with two attached hydrogens (primary N) is 1. The maximum absolute atomic E-state index is 11.9. The summed E-state index contributed by atoms with van der Waals surface area (Å²) in [5.74, 6) is 0.622. The van der Waals surface area contributed by atoms with Gasteiger partial charge in [0.2, 0.25) is 0 Å². The van der Waals surface area contributed by atoms with Crippen LogP contribution in [0.5, 0.6) is 0 Å². The van der Waals surface area contributed by atoms with E-state index in [0.717, 1.165) is 19.3 Å². The van der Waals surface area contributed by atoms with Crippen molar-refractivity contribution in [2.45, 2.75) is 51.5 Å². The predicted octanol–water partition coefficient (Wildman–Crippen LogP) is 0.865. The lowest BCUT2D eigenvalue weighted by molar-refractivity contribution is 0.158. The van der Waals surface area contributed by atoms with Gasteiger partial charge in [0.25, 0.3) is 0 Å². The van der Waals surface area contributed by atoms with Crippen LogP contribution in [0.2, 0.25) is 0 Å². The van der Waals surface area contributed by atoms with Crippen LogP contribution in [0.25, 0.3) is 0 Å². The smallest absolute Gasteiger partial charge is 0.421 e. The summed E-state index contributed by atoms with van der Waals surface area (Å²) < 4.78 is 32.8. The van der Waals surface area contributed by atoms with Crippen molar-refractivity contribution < 1.29 is 17.9 Å². The lowest BCUT2D eigenvalue weighted by Crippen LogP contribution is -2.58. The van der Waals surface area contributed by atoms with Crippen molar-refractivity contribution in [2.24, 2.45) is 11.7 Å². The zero-order chi connectivity index (χ0) is 15.2. The summed E-state index contributed by atoms with van der Waals surface area (Å²) >= 11 is 0. The molecule has 0 spiro atoms. The second-order valence-electron chi connectivity index (χ2n) is 5.26. The number of hydrogen-bond donors (Lipinski definition) is 3. The first-order valence-corrected chi connectivity index (χ1v) is 8.53. The zero-order valence-electron chi connectivity index (χ0n) is 12.1. The number of nitrogens with one attached hydrogen (secondary N) is 2. The molecule has 4 N–H and O–H groups in total. The quantitative estimate of drug-likeness (QED) is 0.674. The monoisotopic (exact) mass is 307 g/mol. The van der Waals surface area contributed by atoms with Crippen molar-refractivity contribution in [1.82, 2.24) is 9.44 Å². The van der Waals surface area contributed by atoms with Crippen LogP contribution < -0.4 is 15.2 Å². The normalized spacial score (nSPS) is 27.1. The van der Waals surface area contributed by atoms with Crippen molar-refractivity contribution in [1.29, 1.82) is 0 Å². The number of carbonyl (C=O) groups is 1. The summed E-state index contributed by atoms with van der Waals surface area (Å²) in [4.78, 5) is 11.2. The van der Waals surface area contributed by atoms with E-state index in [1.165, 1.54) is 0 Å². The molecule has 0 radical (unpaired) electrons. The fourth-order valence-electron chi connectivity index (χ4n) is 2.57. The second kappa shape index (κ2) is 7.24. The van der Waals surface area contributed by atoms with E-state index in [-0.39, 0.29) is 13.2 Å². The lowest BCUT2D eigenvalue weighted by Gasteiger charge is -2.39. The highest BCUT2D eigenvalue weighted by Crippen LogP contribution is 2.33. The topological polar surface area (TPSA) is 111 Å². The minimum absolute atomic E-state index is 0.113. The van der Waals surface area contributed by atoms with Crippen LogP contribution in [0, 0.1) is 5.92 Å². The molecule has 8 heteroatoms. The van der Waals surface area contributed by atoms with Gasteiger partial charge in [-0.15, -0.1) is 0 Å². The van der Waals surface area contributed by atoms with E-state index in [1.807, 2.05) is 4.72 Å². The average Bonchev–Trinajstić information content (AvgIpc) is 2.38. The summed E-state index contributed by atoms with van der Waals surface area (Å²) in [7, 11) is -3.95. The van der Waals surface area contributed by atoms with Crippen molar-refractivity contribution in [2.75, 3.05) is 13.2 Å². The van der Waals surface area contributed by atoms with Gasteiger partial charge in [-0.3, -0.25) is 0 Å². The summed E-state index contributed by atoms with van der Waals surface area (Å²) in [6.45, 7) is 4.06. The van der Waals surface area contributed by atoms with Gasteiger partial charge in [0.05, 0.1) is 6.61 Å². The van der Waals surface area contributed by atoms with Crippen LogP contribution in [-0.2, 0) is 14.9 Å². The molecule has 0 saturated heterocycles. The molecule has 20 heavy (non-hydrogen) atoms. The molecule has 1 amide bonds. The number of carbonyl (C=O) groups excluding carboxylic acids is 1. The van der Waals surface area contributed by atoms with Crippen molar-refractivity contribution in [3.63, 3.8) is 0 Å². The van der Waals surface area contributed by atoms with Gasteiger partial charge in [-0.1, -0.05) is 13.3 Å². The van der Waals surface area contributed by atoms with Gasteiger partial charge < -0.3 is 10.5 Å². The van der Waals surface area contributed by atoms with E-state index in [9.17, 15) is 13.2 Å². The van der Waals surface area contributed by atoms with Crippen molar-refractivity contribution in [3.05, 3.63) is 0 Å². The molecule has 0 aliphatic heterocycles. The highest BCUT2D eigenvalue weighted by atomic mass is 32.2. The predicted molar refractivity (Wildman–Crippen MR) is 76.2 cm³/mol. The molecule has 7 nitrogen and oxygen atoms in total. The van der Waals surface area contributed by atoms with Crippen LogP contribution in [0.15, 0.2) is 0 Å². The van der Waals surface area contributed by atoms with E-state index < -0.39 is 21.8 Å². The Labute approximate surface area is 120 Å². The van der Waals surface area contributed by atoms with Crippen LogP contribution in [0.3, 0.4) is 0 Å². The third kappa shape index (κ3) is 4.92. The molecule has 1 rings (SSSR count). The molecule has 118 valence electrons. The third-order valence-corrected chi connectivity index (χ3v) is 5.01. The number of hydrogen-bond acceptors (Lipinski definition) is 5. The molecule has 0 unspecified atom stereocenters. The van der Waals surface area contributed by atoms with E-state index in [4.69, 9.17) is 5.73 Å². The Morgan fingerprint density at radius 1 is 1.35 bits per heavy atom. The van der Waals surface area contributed by atoms with Crippen LogP contribution in [-0.4, -0.2) is 33.2 Å². The van der Waals surface area contributed by atoms with E-state index in [2.05, 4.69) is 16.4 Å². The molecular weight excluding hydrogens is 282 g/mol. The molecule has 0 bridgehead atoms. The second-order valence-corrected chi connectivity index (χ2v) is 6.68. The standard InChI is InChI=1S/C12H25N3O4S/c1-3-10-5-7-12(9-13,8-6-10)15-20(17,18)14-11(16)19-4-2/h10,15H,3-9,13H2,1-2H3,(H,14,16). The third-order valence-electron chi connectivity index (χ3n) is 3.87. The van der Waals surface area contributed by atoms with E-state index in [0.29, 0.717) is 18.8 Å². The maximum atomic E-state index is 11.9. The van der Waals surface area contributed by atoms with Gasteiger partial charge in [0, 0.05) is 12.1 Å². The maximum Gasteiger partial charge on any atom is 0.421 e. The molecule has 0 atom stereocenters. The lowest BCUT2D eigenvalue weighted by atomic mass is 9.76. The first kappa shape index (κ1) is 17.2. The van der Waals surface area contributed by atoms with Crippen LogP contribution in [0.1, 0.15) is 46.0 Å². The van der Waals surface area contributed by atoms with Crippen molar-refractivity contribution in [3.8, 4) is 0 Å². The van der Waals surface area contributed by atoms with Gasteiger partial charge >= 0.3 is 16.3 Å². The summed E-state index contributed by atoms with van der Waals surface area (Å²) in [6.07, 6.45) is 3.37. The average molecular weight is 307 g/mol. The highest BCUT2D eigenvalue weighted by Gasteiger charge is 2.37. The van der Waals surface area contributed by atoms with Gasteiger partial charge in [0.15, 0.2) is 0 Å². The zero-order valence-corrected chi connectivity index (χ0v) is 13.0. The summed E-state index contributed by atoms with van der Waals surface area (Å²) in [5, 5.41) is 0. The molecule has 1 fully saturated rings.